The van der Waals surface area contributed by atoms with E-state index in [1.165, 1.54) is 22.3 Å². The average molecular weight is 224 g/mol. The Labute approximate surface area is 102 Å². The van der Waals surface area contributed by atoms with E-state index >= 15 is 0 Å². The van der Waals surface area contributed by atoms with Crippen LogP contribution < -0.4 is 0 Å². The first-order valence-corrected chi connectivity index (χ1v) is 6.19. The maximum Gasteiger partial charge on any atom is 0.0584 e. The van der Waals surface area contributed by atoms with Crippen LogP contribution >= 0.6 is 0 Å². The molecule has 0 saturated carbocycles. The Hall–Kier alpha value is -1.60. The highest BCUT2D eigenvalue weighted by Crippen LogP contribution is 2.31. The molecule has 1 nitrogen and oxygen atoms in total. The van der Waals surface area contributed by atoms with Gasteiger partial charge in [-0.2, -0.15) is 0 Å². The zero-order valence-electron chi connectivity index (χ0n) is 9.76. The quantitative estimate of drug-likeness (QED) is 0.728. The highest BCUT2D eigenvalue weighted by Gasteiger charge is 2.16. The van der Waals surface area contributed by atoms with Gasteiger partial charge in [-0.25, -0.2) is 0 Å². The topological polar surface area (TPSA) is 20.2 Å². The summed E-state index contributed by atoms with van der Waals surface area (Å²) in [6, 6.07) is 16.9. The number of hydrogen-bond acceptors (Lipinski definition) is 1. The van der Waals surface area contributed by atoms with Crippen molar-refractivity contribution in [1.82, 2.24) is 0 Å². The van der Waals surface area contributed by atoms with Gasteiger partial charge in [-0.1, -0.05) is 48.5 Å². The van der Waals surface area contributed by atoms with E-state index in [2.05, 4.69) is 48.5 Å². The van der Waals surface area contributed by atoms with E-state index in [4.69, 9.17) is 0 Å². The maximum atomic E-state index is 9.99. The molecular weight excluding hydrogens is 208 g/mol. The van der Waals surface area contributed by atoms with E-state index in [-0.39, 0.29) is 6.10 Å². The van der Waals surface area contributed by atoms with Gasteiger partial charge in [-0.15, -0.1) is 0 Å². The van der Waals surface area contributed by atoms with E-state index in [0.29, 0.717) is 0 Å². The minimum atomic E-state index is -0.218. The molecule has 0 amide bonds. The molecule has 1 aliphatic rings. The van der Waals surface area contributed by atoms with Crippen molar-refractivity contribution in [2.45, 2.75) is 25.4 Å². The molecular formula is C16H16O. The summed E-state index contributed by atoms with van der Waals surface area (Å²) in [5.41, 5.74) is 5.21. The highest BCUT2D eigenvalue weighted by molar-refractivity contribution is 5.71. The van der Waals surface area contributed by atoms with Crippen molar-refractivity contribution in [1.29, 1.82) is 0 Å². The maximum absolute atomic E-state index is 9.99. The molecule has 86 valence electrons. The zero-order chi connectivity index (χ0) is 11.7. The third-order valence-corrected chi connectivity index (χ3v) is 3.53. The molecule has 0 spiro atoms. The van der Waals surface area contributed by atoms with E-state index in [0.717, 1.165) is 19.3 Å². The molecule has 0 heterocycles. The van der Waals surface area contributed by atoms with Crippen LogP contribution in [-0.4, -0.2) is 11.2 Å². The molecule has 1 N–H and O–H groups in total. The normalized spacial score (nSPS) is 18.8. The van der Waals surface area contributed by atoms with Crippen molar-refractivity contribution in [3.8, 4) is 11.1 Å². The molecule has 0 fully saturated rings. The van der Waals surface area contributed by atoms with Gasteiger partial charge in [0.2, 0.25) is 0 Å². The fourth-order valence-electron chi connectivity index (χ4n) is 2.64. The van der Waals surface area contributed by atoms with Gasteiger partial charge in [-0.3, -0.25) is 0 Å². The molecule has 1 atom stereocenters. The molecule has 3 rings (SSSR count). The molecule has 2 aromatic rings. The molecule has 0 aromatic heterocycles. The standard InChI is InChI=1S/C16H16O/c17-14-10-9-12-5-1-3-7-15(12)16-8-4-2-6-13(16)11-14/h1-8,14,17H,9-11H2/t14-/m0/s1. The lowest BCUT2D eigenvalue weighted by molar-refractivity contribution is 0.165. The SMILES string of the molecule is O[C@H]1CCc2ccccc2-c2ccccc2C1. The van der Waals surface area contributed by atoms with E-state index in [1.54, 1.807) is 0 Å². The monoisotopic (exact) mass is 224 g/mol. The number of aliphatic hydroxyl groups excluding tert-OH is 1. The lowest BCUT2D eigenvalue weighted by atomic mass is 9.87. The molecule has 17 heavy (non-hydrogen) atoms. The number of benzene rings is 2. The Morgan fingerprint density at radius 2 is 1.41 bits per heavy atom. The Bertz CT molecular complexity index is 531. The fraction of sp³-hybridized carbons (Fsp3) is 0.250. The van der Waals surface area contributed by atoms with Gasteiger partial charge in [0.15, 0.2) is 0 Å². The molecule has 1 aliphatic carbocycles. The van der Waals surface area contributed by atoms with Crippen molar-refractivity contribution < 1.29 is 5.11 Å². The van der Waals surface area contributed by atoms with Crippen LogP contribution in [0, 0.1) is 0 Å². The van der Waals surface area contributed by atoms with Gasteiger partial charge in [0.1, 0.15) is 0 Å². The summed E-state index contributed by atoms with van der Waals surface area (Å²) in [6.07, 6.45) is 2.37. The summed E-state index contributed by atoms with van der Waals surface area (Å²) >= 11 is 0. The first-order chi connectivity index (χ1) is 8.34. The van der Waals surface area contributed by atoms with Crippen molar-refractivity contribution in [3.05, 3.63) is 59.7 Å². The molecule has 0 aliphatic heterocycles. The Balaban J connectivity index is 2.20. The summed E-state index contributed by atoms with van der Waals surface area (Å²) in [4.78, 5) is 0. The number of aliphatic hydroxyl groups is 1. The predicted molar refractivity (Wildman–Crippen MR) is 69.9 cm³/mol. The molecule has 0 bridgehead atoms. The predicted octanol–water partition coefficient (Wildman–Crippen LogP) is 3.20. The van der Waals surface area contributed by atoms with Crippen molar-refractivity contribution >= 4 is 0 Å². The summed E-state index contributed by atoms with van der Waals surface area (Å²) in [6.45, 7) is 0. The van der Waals surface area contributed by atoms with Crippen LogP contribution in [0.5, 0.6) is 0 Å². The smallest absolute Gasteiger partial charge is 0.0584 e. The minimum absolute atomic E-state index is 0.218. The molecule has 2 aromatic carbocycles. The van der Waals surface area contributed by atoms with Crippen LogP contribution in [0.3, 0.4) is 0 Å². The number of rotatable bonds is 0. The second kappa shape index (κ2) is 4.34. The third kappa shape index (κ3) is 1.98. The average Bonchev–Trinajstić information content (AvgIpc) is 2.36. The molecule has 0 saturated heterocycles. The van der Waals surface area contributed by atoms with Crippen LogP contribution in [0.25, 0.3) is 11.1 Å². The van der Waals surface area contributed by atoms with Crippen molar-refractivity contribution in [2.75, 3.05) is 0 Å². The lowest BCUT2D eigenvalue weighted by Gasteiger charge is -2.20. The van der Waals surface area contributed by atoms with Gasteiger partial charge >= 0.3 is 0 Å². The van der Waals surface area contributed by atoms with Gasteiger partial charge in [-0.05, 0) is 41.5 Å². The van der Waals surface area contributed by atoms with Crippen LogP contribution in [0.4, 0.5) is 0 Å². The molecule has 0 unspecified atom stereocenters. The summed E-state index contributed by atoms with van der Waals surface area (Å²) in [5.74, 6) is 0. The van der Waals surface area contributed by atoms with Crippen LogP contribution in [0.15, 0.2) is 48.5 Å². The van der Waals surface area contributed by atoms with Crippen LogP contribution in [-0.2, 0) is 12.8 Å². The summed E-state index contributed by atoms with van der Waals surface area (Å²) in [5, 5.41) is 9.99. The fourth-order valence-corrected chi connectivity index (χ4v) is 2.64. The first kappa shape index (κ1) is 10.5. The molecule has 0 radical (unpaired) electrons. The highest BCUT2D eigenvalue weighted by atomic mass is 16.3. The van der Waals surface area contributed by atoms with Gasteiger partial charge in [0.25, 0.3) is 0 Å². The van der Waals surface area contributed by atoms with Crippen LogP contribution in [0.1, 0.15) is 17.5 Å². The lowest BCUT2D eigenvalue weighted by Crippen LogP contribution is -2.15. The van der Waals surface area contributed by atoms with Crippen molar-refractivity contribution in [2.24, 2.45) is 0 Å². The second-order valence-electron chi connectivity index (χ2n) is 4.71. The number of hydrogen-bond donors (Lipinski definition) is 1. The number of fused-ring (bicyclic) bond motifs is 3. The third-order valence-electron chi connectivity index (χ3n) is 3.53. The van der Waals surface area contributed by atoms with E-state index < -0.39 is 0 Å². The van der Waals surface area contributed by atoms with E-state index in [9.17, 15) is 5.11 Å². The summed E-state index contributed by atoms with van der Waals surface area (Å²) < 4.78 is 0. The Morgan fingerprint density at radius 3 is 2.18 bits per heavy atom. The second-order valence-corrected chi connectivity index (χ2v) is 4.71. The zero-order valence-corrected chi connectivity index (χ0v) is 9.76. The van der Waals surface area contributed by atoms with Gasteiger partial charge < -0.3 is 5.11 Å². The van der Waals surface area contributed by atoms with Crippen LogP contribution in [0.2, 0.25) is 0 Å². The number of aryl methyl sites for hydroxylation is 1. The molecule has 1 heteroatoms. The Kier molecular flexibility index (Phi) is 2.69. The first-order valence-electron chi connectivity index (χ1n) is 6.19. The summed E-state index contributed by atoms with van der Waals surface area (Å²) in [7, 11) is 0. The largest absolute Gasteiger partial charge is 0.393 e. The Morgan fingerprint density at radius 1 is 0.824 bits per heavy atom. The van der Waals surface area contributed by atoms with E-state index in [1.807, 2.05) is 0 Å². The van der Waals surface area contributed by atoms with Gasteiger partial charge in [0.05, 0.1) is 6.10 Å². The van der Waals surface area contributed by atoms with Gasteiger partial charge in [0, 0.05) is 0 Å². The van der Waals surface area contributed by atoms with Crippen molar-refractivity contribution in [3.63, 3.8) is 0 Å². The minimum Gasteiger partial charge on any atom is -0.393 e.